The lowest BCUT2D eigenvalue weighted by atomic mass is 9.72. The van der Waals surface area contributed by atoms with Crippen molar-refractivity contribution >= 4 is 0 Å². The average molecular weight is 293 g/mol. The molecule has 0 amide bonds. The zero-order valence-corrected chi connectivity index (χ0v) is 14.2. The molecule has 0 aromatic heterocycles. The Bertz CT molecular complexity index is 345. The van der Waals surface area contributed by atoms with E-state index in [1.807, 2.05) is 0 Å². The fourth-order valence-electron chi connectivity index (χ4n) is 5.49. The van der Waals surface area contributed by atoms with Crippen molar-refractivity contribution in [2.75, 3.05) is 33.2 Å². The highest BCUT2D eigenvalue weighted by molar-refractivity contribution is 5.01. The Kier molecular flexibility index (Phi) is 4.92. The maximum Gasteiger partial charge on any atom is 0.0334 e. The molecule has 2 heterocycles. The predicted molar refractivity (Wildman–Crippen MR) is 89.4 cm³/mol. The molecule has 21 heavy (non-hydrogen) atoms. The highest BCUT2D eigenvalue weighted by Crippen LogP contribution is 2.41. The van der Waals surface area contributed by atoms with Crippen molar-refractivity contribution in [3.8, 4) is 0 Å². The van der Waals surface area contributed by atoms with E-state index in [9.17, 15) is 0 Å². The van der Waals surface area contributed by atoms with Crippen molar-refractivity contribution in [3.05, 3.63) is 0 Å². The number of hydrogen-bond acceptors (Lipinski definition) is 3. The van der Waals surface area contributed by atoms with Gasteiger partial charge in [0.2, 0.25) is 0 Å². The highest BCUT2D eigenvalue weighted by atomic mass is 15.3. The standard InChI is InChI=1S/C18H35N3/c1-3-15-6-4-9-18(12-15,14-19)21-11-8-17-16(13-21)7-5-10-20(17)2/h15-17H,3-14,19H2,1-2H3. The van der Waals surface area contributed by atoms with E-state index >= 15 is 0 Å². The lowest BCUT2D eigenvalue weighted by Crippen LogP contribution is -2.62. The predicted octanol–water partition coefficient (Wildman–Crippen LogP) is 2.70. The Morgan fingerprint density at radius 3 is 2.76 bits per heavy atom. The van der Waals surface area contributed by atoms with E-state index < -0.39 is 0 Å². The monoisotopic (exact) mass is 293 g/mol. The van der Waals surface area contributed by atoms with Crippen molar-refractivity contribution in [2.45, 2.75) is 69.9 Å². The van der Waals surface area contributed by atoms with Gasteiger partial charge >= 0.3 is 0 Å². The molecule has 3 aliphatic rings. The van der Waals surface area contributed by atoms with Crippen LogP contribution in [-0.4, -0.2) is 54.6 Å². The van der Waals surface area contributed by atoms with Crippen molar-refractivity contribution in [1.29, 1.82) is 0 Å². The van der Waals surface area contributed by atoms with Crippen LogP contribution in [0.15, 0.2) is 0 Å². The van der Waals surface area contributed by atoms with E-state index in [1.165, 1.54) is 71.0 Å². The molecule has 1 aliphatic carbocycles. The molecule has 2 saturated heterocycles. The summed E-state index contributed by atoms with van der Waals surface area (Å²) < 4.78 is 0. The van der Waals surface area contributed by atoms with Crippen LogP contribution in [-0.2, 0) is 0 Å². The van der Waals surface area contributed by atoms with Crippen LogP contribution in [0.3, 0.4) is 0 Å². The summed E-state index contributed by atoms with van der Waals surface area (Å²) in [7, 11) is 2.33. The van der Waals surface area contributed by atoms with Gasteiger partial charge in [0.25, 0.3) is 0 Å². The number of nitrogens with two attached hydrogens (primary N) is 1. The van der Waals surface area contributed by atoms with Crippen LogP contribution >= 0.6 is 0 Å². The Labute approximate surface area is 131 Å². The van der Waals surface area contributed by atoms with Gasteiger partial charge in [-0.1, -0.05) is 26.2 Å². The normalized spacial score (nSPS) is 42.7. The first-order chi connectivity index (χ1) is 10.2. The van der Waals surface area contributed by atoms with Gasteiger partial charge < -0.3 is 10.6 Å². The van der Waals surface area contributed by atoms with E-state index in [1.54, 1.807) is 0 Å². The van der Waals surface area contributed by atoms with Gasteiger partial charge in [-0.15, -0.1) is 0 Å². The summed E-state index contributed by atoms with van der Waals surface area (Å²) in [5, 5.41) is 0. The van der Waals surface area contributed by atoms with Crippen LogP contribution in [0, 0.1) is 11.8 Å². The molecular weight excluding hydrogens is 258 g/mol. The Hall–Kier alpha value is -0.120. The Morgan fingerprint density at radius 2 is 2.00 bits per heavy atom. The third kappa shape index (κ3) is 3.02. The van der Waals surface area contributed by atoms with Crippen molar-refractivity contribution < 1.29 is 0 Å². The molecule has 0 aromatic rings. The largest absolute Gasteiger partial charge is 0.329 e. The molecule has 2 aliphatic heterocycles. The molecule has 3 fully saturated rings. The number of likely N-dealkylation sites (tertiary alicyclic amines) is 2. The molecule has 0 aromatic carbocycles. The van der Waals surface area contributed by atoms with E-state index in [4.69, 9.17) is 5.73 Å². The number of piperidine rings is 2. The maximum atomic E-state index is 6.33. The molecule has 3 nitrogen and oxygen atoms in total. The van der Waals surface area contributed by atoms with Gasteiger partial charge in [0.1, 0.15) is 0 Å². The SMILES string of the molecule is CCC1CCCC(CN)(N2CCC3C(CCCN3C)C2)C1. The number of nitrogens with zero attached hydrogens (tertiary/aromatic N) is 2. The van der Waals surface area contributed by atoms with Gasteiger partial charge in [0.05, 0.1) is 0 Å². The second-order valence-electron chi connectivity index (χ2n) is 7.98. The summed E-state index contributed by atoms with van der Waals surface area (Å²) in [5.74, 6) is 1.80. The van der Waals surface area contributed by atoms with E-state index in [-0.39, 0.29) is 0 Å². The first-order valence-corrected chi connectivity index (χ1v) is 9.34. The van der Waals surface area contributed by atoms with Crippen LogP contribution < -0.4 is 5.73 Å². The number of rotatable bonds is 3. The molecule has 1 saturated carbocycles. The fraction of sp³-hybridized carbons (Fsp3) is 1.00. The third-order valence-corrected chi connectivity index (χ3v) is 6.90. The quantitative estimate of drug-likeness (QED) is 0.868. The van der Waals surface area contributed by atoms with Crippen molar-refractivity contribution in [3.63, 3.8) is 0 Å². The molecule has 122 valence electrons. The van der Waals surface area contributed by atoms with E-state index in [0.29, 0.717) is 5.54 Å². The van der Waals surface area contributed by atoms with Gasteiger partial charge in [-0.05, 0) is 57.5 Å². The number of fused-ring (bicyclic) bond motifs is 1. The Balaban J connectivity index is 1.70. The number of hydrogen-bond donors (Lipinski definition) is 1. The van der Waals surface area contributed by atoms with Crippen LogP contribution in [0.25, 0.3) is 0 Å². The first kappa shape index (κ1) is 15.8. The molecule has 3 heteroatoms. The van der Waals surface area contributed by atoms with Crippen molar-refractivity contribution in [2.24, 2.45) is 17.6 Å². The van der Waals surface area contributed by atoms with Gasteiger partial charge in [0.15, 0.2) is 0 Å². The summed E-state index contributed by atoms with van der Waals surface area (Å²) in [6, 6.07) is 0.843. The molecule has 0 spiro atoms. The van der Waals surface area contributed by atoms with Gasteiger partial charge in [-0.3, -0.25) is 4.90 Å². The molecule has 0 bridgehead atoms. The topological polar surface area (TPSA) is 32.5 Å². The molecule has 0 radical (unpaired) electrons. The van der Waals surface area contributed by atoms with Crippen LogP contribution in [0.2, 0.25) is 0 Å². The van der Waals surface area contributed by atoms with Gasteiger partial charge in [-0.25, -0.2) is 0 Å². The Morgan fingerprint density at radius 1 is 1.14 bits per heavy atom. The summed E-state index contributed by atoms with van der Waals surface area (Å²) in [6.07, 6.45) is 11.0. The van der Waals surface area contributed by atoms with Gasteiger partial charge in [-0.2, -0.15) is 0 Å². The lowest BCUT2D eigenvalue weighted by Gasteiger charge is -2.54. The van der Waals surface area contributed by atoms with Crippen LogP contribution in [0.1, 0.15) is 58.3 Å². The summed E-state index contributed by atoms with van der Waals surface area (Å²) in [6.45, 7) is 7.12. The molecule has 4 atom stereocenters. The van der Waals surface area contributed by atoms with E-state index in [0.717, 1.165) is 24.4 Å². The zero-order valence-electron chi connectivity index (χ0n) is 14.2. The van der Waals surface area contributed by atoms with Gasteiger partial charge in [0, 0.05) is 31.2 Å². The molecule has 3 rings (SSSR count). The second kappa shape index (κ2) is 6.55. The highest BCUT2D eigenvalue weighted by Gasteiger charge is 2.44. The summed E-state index contributed by atoms with van der Waals surface area (Å²) in [5.41, 5.74) is 6.66. The van der Waals surface area contributed by atoms with Crippen LogP contribution in [0.5, 0.6) is 0 Å². The first-order valence-electron chi connectivity index (χ1n) is 9.34. The third-order valence-electron chi connectivity index (χ3n) is 6.90. The smallest absolute Gasteiger partial charge is 0.0334 e. The minimum Gasteiger partial charge on any atom is -0.329 e. The van der Waals surface area contributed by atoms with E-state index in [2.05, 4.69) is 23.8 Å². The average Bonchev–Trinajstić information content (AvgIpc) is 2.54. The fourth-order valence-corrected chi connectivity index (χ4v) is 5.49. The van der Waals surface area contributed by atoms with Crippen molar-refractivity contribution in [1.82, 2.24) is 9.80 Å². The zero-order chi connectivity index (χ0) is 14.9. The molecule has 2 N–H and O–H groups in total. The minimum atomic E-state index is 0.333. The lowest BCUT2D eigenvalue weighted by molar-refractivity contribution is -0.0371. The summed E-state index contributed by atoms with van der Waals surface area (Å²) >= 11 is 0. The maximum absolute atomic E-state index is 6.33. The minimum absolute atomic E-state index is 0.333. The summed E-state index contributed by atoms with van der Waals surface area (Å²) in [4.78, 5) is 5.45. The molecule has 4 unspecified atom stereocenters. The second-order valence-corrected chi connectivity index (χ2v) is 7.98. The van der Waals surface area contributed by atoms with Crippen LogP contribution in [0.4, 0.5) is 0 Å². The molecular formula is C18H35N3.